The minimum absolute atomic E-state index is 0.112. The molecule has 3 rings (SSSR count). The summed E-state index contributed by atoms with van der Waals surface area (Å²) in [6.45, 7) is 3.21. The highest BCUT2D eigenvalue weighted by atomic mass is 16.5. The summed E-state index contributed by atoms with van der Waals surface area (Å²) in [6.07, 6.45) is 3.94. The monoisotopic (exact) mass is 332 g/mol. The molecule has 2 heterocycles. The third-order valence-corrected chi connectivity index (χ3v) is 5.16. The second-order valence-corrected chi connectivity index (χ2v) is 6.81. The van der Waals surface area contributed by atoms with Gasteiger partial charge in [0.25, 0.3) is 0 Å². The van der Waals surface area contributed by atoms with Gasteiger partial charge >= 0.3 is 0 Å². The minimum atomic E-state index is 0.112. The maximum absolute atomic E-state index is 12.7. The Bertz CT molecular complexity index is 557. The van der Waals surface area contributed by atoms with E-state index in [1.807, 2.05) is 17.0 Å². The van der Waals surface area contributed by atoms with E-state index >= 15 is 0 Å². The van der Waals surface area contributed by atoms with Gasteiger partial charge < -0.3 is 14.4 Å². The third-order valence-electron chi connectivity index (χ3n) is 5.16. The van der Waals surface area contributed by atoms with Crippen molar-refractivity contribution in [2.45, 2.75) is 37.8 Å². The first-order valence-electron chi connectivity index (χ1n) is 8.91. The van der Waals surface area contributed by atoms with Crippen LogP contribution in [-0.2, 0) is 9.53 Å². The molecular weight excluding hydrogens is 304 g/mol. The highest BCUT2D eigenvalue weighted by Crippen LogP contribution is 2.27. The van der Waals surface area contributed by atoms with Gasteiger partial charge in [0, 0.05) is 26.2 Å². The molecule has 0 saturated carbocycles. The zero-order valence-corrected chi connectivity index (χ0v) is 14.7. The molecule has 2 aliphatic rings. The lowest BCUT2D eigenvalue weighted by atomic mass is 10.0. The molecule has 5 nitrogen and oxygen atoms in total. The predicted octanol–water partition coefficient (Wildman–Crippen LogP) is 2.47. The fraction of sp³-hybridized carbons (Fsp3) is 0.632. The van der Waals surface area contributed by atoms with Crippen molar-refractivity contribution in [1.82, 2.24) is 9.80 Å². The van der Waals surface area contributed by atoms with Gasteiger partial charge in [-0.25, -0.2) is 0 Å². The van der Waals surface area contributed by atoms with E-state index in [0.717, 1.165) is 44.8 Å². The first-order chi connectivity index (χ1) is 11.7. The normalized spacial score (nSPS) is 25.5. The molecule has 2 saturated heterocycles. The van der Waals surface area contributed by atoms with Gasteiger partial charge in [-0.1, -0.05) is 12.1 Å². The van der Waals surface area contributed by atoms with E-state index in [4.69, 9.17) is 9.47 Å². The Morgan fingerprint density at radius 3 is 2.96 bits per heavy atom. The Balaban J connectivity index is 1.64. The molecule has 0 radical (unpaired) electrons. The second kappa shape index (κ2) is 7.99. The summed E-state index contributed by atoms with van der Waals surface area (Å²) >= 11 is 0. The van der Waals surface area contributed by atoms with Crippen molar-refractivity contribution in [1.29, 1.82) is 0 Å². The zero-order valence-electron chi connectivity index (χ0n) is 14.7. The van der Waals surface area contributed by atoms with Crippen LogP contribution < -0.4 is 4.74 Å². The molecule has 0 aliphatic carbocycles. The molecular formula is C19H28N2O3. The summed E-state index contributed by atoms with van der Waals surface area (Å²) in [5.74, 6) is 1.09. The Morgan fingerprint density at radius 1 is 1.33 bits per heavy atom. The molecule has 5 heteroatoms. The molecule has 2 atom stereocenters. The molecule has 2 fully saturated rings. The van der Waals surface area contributed by atoms with Gasteiger partial charge in [0.1, 0.15) is 5.75 Å². The number of rotatable bonds is 4. The number of methoxy groups -OCH3 is 1. The largest absolute Gasteiger partial charge is 0.497 e. The first-order valence-corrected chi connectivity index (χ1v) is 8.91. The molecule has 1 aromatic rings. The number of piperazine rings is 1. The van der Waals surface area contributed by atoms with Gasteiger partial charge in [-0.2, -0.15) is 0 Å². The van der Waals surface area contributed by atoms with Crippen LogP contribution in [0.25, 0.3) is 0 Å². The van der Waals surface area contributed by atoms with E-state index in [9.17, 15) is 4.79 Å². The van der Waals surface area contributed by atoms with E-state index in [2.05, 4.69) is 24.1 Å². The molecule has 1 aromatic carbocycles. The van der Waals surface area contributed by atoms with Crippen LogP contribution in [-0.4, -0.2) is 62.2 Å². The topological polar surface area (TPSA) is 42.0 Å². The number of nitrogens with zero attached hydrogens (tertiary/aromatic N) is 2. The van der Waals surface area contributed by atoms with Gasteiger partial charge in [0.2, 0.25) is 5.91 Å². The van der Waals surface area contributed by atoms with E-state index in [1.165, 1.54) is 12.0 Å². The van der Waals surface area contributed by atoms with Crippen molar-refractivity contribution < 1.29 is 14.3 Å². The fourth-order valence-corrected chi connectivity index (χ4v) is 3.60. The second-order valence-electron chi connectivity index (χ2n) is 6.81. The molecule has 0 aromatic heterocycles. The summed E-state index contributed by atoms with van der Waals surface area (Å²) in [7, 11) is 3.81. The molecule has 0 bridgehead atoms. The Hall–Kier alpha value is -1.59. The van der Waals surface area contributed by atoms with E-state index in [0.29, 0.717) is 6.42 Å². The Morgan fingerprint density at radius 2 is 2.21 bits per heavy atom. The average molecular weight is 332 g/mol. The fourth-order valence-electron chi connectivity index (χ4n) is 3.60. The average Bonchev–Trinajstić information content (AvgIpc) is 2.63. The van der Waals surface area contributed by atoms with Gasteiger partial charge in [0.15, 0.2) is 0 Å². The molecule has 2 aliphatic heterocycles. The Kier molecular flexibility index (Phi) is 5.74. The smallest absolute Gasteiger partial charge is 0.225 e. The van der Waals surface area contributed by atoms with Crippen molar-refractivity contribution in [3.05, 3.63) is 29.8 Å². The third kappa shape index (κ3) is 4.08. The van der Waals surface area contributed by atoms with Crippen molar-refractivity contribution >= 4 is 5.91 Å². The zero-order chi connectivity index (χ0) is 16.9. The van der Waals surface area contributed by atoms with Gasteiger partial charge in [-0.15, -0.1) is 0 Å². The quantitative estimate of drug-likeness (QED) is 0.849. The molecule has 24 heavy (non-hydrogen) atoms. The van der Waals surface area contributed by atoms with Gasteiger partial charge in [-0.05, 0) is 44.0 Å². The summed E-state index contributed by atoms with van der Waals surface area (Å²) in [5.41, 5.74) is 1.20. The number of likely N-dealkylation sites (N-methyl/N-ethyl adjacent to an activating group) is 1. The highest BCUT2D eigenvalue weighted by Gasteiger charge is 2.30. The number of hydrogen-bond acceptors (Lipinski definition) is 4. The van der Waals surface area contributed by atoms with Crippen LogP contribution in [0.3, 0.4) is 0 Å². The number of amides is 1. The first kappa shape index (κ1) is 17.2. The van der Waals surface area contributed by atoms with Crippen LogP contribution in [0.4, 0.5) is 0 Å². The van der Waals surface area contributed by atoms with E-state index in [1.54, 1.807) is 7.11 Å². The molecule has 1 amide bonds. The highest BCUT2D eigenvalue weighted by molar-refractivity contribution is 5.77. The number of ether oxygens (including phenoxy) is 2. The number of benzene rings is 1. The summed E-state index contributed by atoms with van der Waals surface area (Å²) in [4.78, 5) is 17.0. The lowest BCUT2D eigenvalue weighted by Gasteiger charge is -2.40. The van der Waals surface area contributed by atoms with Crippen LogP contribution in [0, 0.1) is 0 Å². The van der Waals surface area contributed by atoms with Crippen molar-refractivity contribution in [3.8, 4) is 5.75 Å². The van der Waals surface area contributed by atoms with Crippen LogP contribution in [0.2, 0.25) is 0 Å². The van der Waals surface area contributed by atoms with Crippen LogP contribution >= 0.6 is 0 Å². The minimum Gasteiger partial charge on any atom is -0.497 e. The number of carbonyl (C=O) groups excluding carboxylic acids is 1. The van der Waals surface area contributed by atoms with Crippen molar-refractivity contribution in [2.24, 2.45) is 0 Å². The standard InChI is InChI=1S/C19H28N2O3/c1-20-9-10-21(19(22)13-17-7-3-4-11-24-17)14-18(20)15-6-5-8-16(12-15)23-2/h5-6,8,12,17-18H,3-4,7,9-11,13-14H2,1-2H3. The number of carbonyl (C=O) groups is 1. The van der Waals surface area contributed by atoms with Crippen LogP contribution in [0.1, 0.15) is 37.3 Å². The summed E-state index contributed by atoms with van der Waals surface area (Å²) in [5, 5.41) is 0. The number of hydrogen-bond donors (Lipinski definition) is 0. The lowest BCUT2D eigenvalue weighted by Crippen LogP contribution is -2.49. The van der Waals surface area contributed by atoms with Crippen molar-refractivity contribution in [3.63, 3.8) is 0 Å². The SMILES string of the molecule is COc1cccc(C2CN(C(=O)CC3CCCCO3)CCN2C)c1. The molecule has 132 valence electrons. The Labute approximate surface area is 144 Å². The lowest BCUT2D eigenvalue weighted by molar-refractivity contribution is -0.137. The summed E-state index contributed by atoms with van der Waals surface area (Å²) in [6, 6.07) is 8.36. The van der Waals surface area contributed by atoms with Gasteiger partial charge in [-0.3, -0.25) is 9.69 Å². The van der Waals surface area contributed by atoms with Crippen LogP contribution in [0.5, 0.6) is 5.75 Å². The van der Waals surface area contributed by atoms with Crippen LogP contribution in [0.15, 0.2) is 24.3 Å². The van der Waals surface area contributed by atoms with E-state index in [-0.39, 0.29) is 18.1 Å². The predicted molar refractivity (Wildman–Crippen MR) is 93.2 cm³/mol. The molecule has 0 N–H and O–H groups in total. The maximum atomic E-state index is 12.7. The maximum Gasteiger partial charge on any atom is 0.225 e. The van der Waals surface area contributed by atoms with E-state index < -0.39 is 0 Å². The molecule has 0 spiro atoms. The van der Waals surface area contributed by atoms with Crippen molar-refractivity contribution in [2.75, 3.05) is 40.4 Å². The molecule has 2 unspecified atom stereocenters. The summed E-state index contributed by atoms with van der Waals surface area (Å²) < 4.78 is 11.1. The van der Waals surface area contributed by atoms with Gasteiger partial charge in [0.05, 0.1) is 25.7 Å².